The van der Waals surface area contributed by atoms with Crippen LogP contribution in [0.5, 0.6) is 0 Å². The zero-order valence-corrected chi connectivity index (χ0v) is 19.2. The number of carbonyl (C=O) groups is 2. The largest absolute Gasteiger partial charge is 0.466 e. The van der Waals surface area contributed by atoms with Crippen LogP contribution in [0.25, 0.3) is 16.3 Å². The highest BCUT2D eigenvalue weighted by Crippen LogP contribution is 2.39. The number of nitrogens with zero attached hydrogens (tertiary/aromatic N) is 3. The number of carbonyl (C=O) groups excluding carboxylic acids is 2. The predicted octanol–water partition coefficient (Wildman–Crippen LogP) is 5.25. The lowest BCUT2D eigenvalue weighted by Crippen LogP contribution is -2.38. The van der Waals surface area contributed by atoms with Crippen LogP contribution < -0.4 is 9.80 Å². The van der Waals surface area contributed by atoms with Crippen LogP contribution in [0.4, 0.5) is 10.8 Å². The molecule has 0 radical (unpaired) electrons. The van der Waals surface area contributed by atoms with E-state index < -0.39 is 12.1 Å². The maximum atomic E-state index is 13.8. The molecule has 7 heteroatoms. The molecule has 0 bridgehead atoms. The first-order valence-electron chi connectivity index (χ1n) is 10.7. The van der Waals surface area contributed by atoms with Crippen molar-refractivity contribution < 1.29 is 14.3 Å². The zero-order valence-electron chi connectivity index (χ0n) is 18.4. The third-order valence-corrected chi connectivity index (χ3v) is 6.50. The fraction of sp³-hybridized carbons (Fsp3) is 0.0741. The van der Waals surface area contributed by atoms with Gasteiger partial charge >= 0.3 is 5.97 Å². The monoisotopic (exact) mass is 467 g/mol. The Hall–Kier alpha value is -4.23. The van der Waals surface area contributed by atoms with Crippen LogP contribution in [-0.4, -0.2) is 30.1 Å². The van der Waals surface area contributed by atoms with Gasteiger partial charge < -0.3 is 9.64 Å². The summed E-state index contributed by atoms with van der Waals surface area (Å²) in [5.41, 5.74) is 2.81. The molecule has 5 rings (SSSR count). The van der Waals surface area contributed by atoms with Crippen molar-refractivity contribution in [2.24, 2.45) is 0 Å². The summed E-state index contributed by atoms with van der Waals surface area (Å²) in [5.74, 6) is -0.919. The molecule has 1 aromatic heterocycles. The Morgan fingerprint density at radius 1 is 0.941 bits per heavy atom. The van der Waals surface area contributed by atoms with Gasteiger partial charge in [0.15, 0.2) is 5.13 Å². The van der Waals surface area contributed by atoms with E-state index >= 15 is 0 Å². The number of methoxy groups -OCH3 is 1. The zero-order chi connectivity index (χ0) is 23.5. The summed E-state index contributed by atoms with van der Waals surface area (Å²) < 4.78 is 5.83. The average Bonchev–Trinajstić information content (AvgIpc) is 3.42. The van der Waals surface area contributed by atoms with Gasteiger partial charge in [-0.1, -0.05) is 78.1 Å². The molecule has 1 fully saturated rings. The van der Waals surface area contributed by atoms with E-state index in [0.29, 0.717) is 5.13 Å². The number of esters is 1. The number of aromatic nitrogens is 1. The fourth-order valence-corrected chi connectivity index (χ4v) is 4.88. The lowest BCUT2D eigenvalue weighted by Gasteiger charge is -2.27. The molecule has 0 N–H and O–H groups in total. The van der Waals surface area contributed by atoms with Gasteiger partial charge in [-0.2, -0.15) is 0 Å². The number of thiazole rings is 1. The highest BCUT2D eigenvalue weighted by Gasteiger charge is 2.44. The second-order valence-corrected chi connectivity index (χ2v) is 8.59. The summed E-state index contributed by atoms with van der Waals surface area (Å²) in [6.45, 7) is 0. The van der Waals surface area contributed by atoms with Gasteiger partial charge in [-0.15, -0.1) is 0 Å². The topological polar surface area (TPSA) is 62.7 Å². The summed E-state index contributed by atoms with van der Waals surface area (Å²) in [6.07, 6.45) is 4.62. The van der Waals surface area contributed by atoms with E-state index in [1.165, 1.54) is 24.5 Å². The Kier molecular flexibility index (Phi) is 5.93. The minimum Gasteiger partial charge on any atom is -0.466 e. The van der Waals surface area contributed by atoms with Crippen LogP contribution in [0.3, 0.4) is 0 Å². The SMILES string of the molecule is COC(=O)/C=C1\C(=O)N(c2nc3ccccc3s2)C(/C=C/c2ccccc2)N1c1ccccc1. The fourth-order valence-electron chi connectivity index (χ4n) is 3.88. The molecule has 4 aromatic rings. The van der Waals surface area contributed by atoms with Gasteiger partial charge in [0.2, 0.25) is 0 Å². The molecule has 0 spiro atoms. The Morgan fingerprint density at radius 3 is 2.32 bits per heavy atom. The second-order valence-electron chi connectivity index (χ2n) is 7.58. The molecule has 2 heterocycles. The number of para-hydroxylation sites is 2. The molecule has 1 saturated heterocycles. The van der Waals surface area contributed by atoms with Crippen LogP contribution in [0.1, 0.15) is 5.56 Å². The van der Waals surface area contributed by atoms with Crippen LogP contribution in [0, 0.1) is 0 Å². The van der Waals surface area contributed by atoms with Crippen molar-refractivity contribution in [1.29, 1.82) is 0 Å². The number of anilines is 2. The minimum atomic E-state index is -0.596. The summed E-state index contributed by atoms with van der Waals surface area (Å²) in [6, 6.07) is 27.1. The Labute approximate surface area is 201 Å². The van der Waals surface area contributed by atoms with Crippen molar-refractivity contribution >= 4 is 50.3 Å². The molecule has 0 aliphatic carbocycles. The molecular weight excluding hydrogens is 446 g/mol. The first-order chi connectivity index (χ1) is 16.7. The van der Waals surface area contributed by atoms with Crippen LogP contribution >= 0.6 is 11.3 Å². The molecule has 1 amide bonds. The van der Waals surface area contributed by atoms with Gasteiger partial charge in [0, 0.05) is 5.69 Å². The average molecular weight is 468 g/mol. The number of fused-ring (bicyclic) bond motifs is 1. The first-order valence-corrected chi connectivity index (χ1v) is 11.5. The van der Waals surface area contributed by atoms with E-state index in [9.17, 15) is 9.59 Å². The first kappa shape index (κ1) is 21.6. The molecule has 3 aromatic carbocycles. The number of rotatable bonds is 5. The molecule has 1 unspecified atom stereocenters. The van der Waals surface area contributed by atoms with Gasteiger partial charge in [0.1, 0.15) is 11.9 Å². The highest BCUT2D eigenvalue weighted by molar-refractivity contribution is 7.22. The summed E-state index contributed by atoms with van der Waals surface area (Å²) >= 11 is 1.44. The number of benzene rings is 3. The van der Waals surface area contributed by atoms with Crippen molar-refractivity contribution in [3.8, 4) is 0 Å². The number of hydrogen-bond acceptors (Lipinski definition) is 6. The molecule has 0 saturated carbocycles. The van der Waals surface area contributed by atoms with Crippen LogP contribution in [0.15, 0.2) is 103 Å². The molecule has 1 aliphatic heterocycles. The predicted molar refractivity (Wildman–Crippen MR) is 135 cm³/mol. The molecule has 168 valence electrons. The van der Waals surface area contributed by atoms with E-state index in [1.807, 2.05) is 102 Å². The van der Waals surface area contributed by atoms with Crippen LogP contribution in [-0.2, 0) is 14.3 Å². The van der Waals surface area contributed by atoms with Gasteiger partial charge in [0.25, 0.3) is 5.91 Å². The lowest BCUT2D eigenvalue weighted by atomic mass is 10.2. The molecule has 34 heavy (non-hydrogen) atoms. The second kappa shape index (κ2) is 9.33. The third kappa shape index (κ3) is 4.09. The highest BCUT2D eigenvalue weighted by atomic mass is 32.1. The number of amides is 1. The molecule has 1 atom stereocenters. The van der Waals surface area contributed by atoms with E-state index in [2.05, 4.69) is 0 Å². The van der Waals surface area contributed by atoms with Gasteiger partial charge in [-0.3, -0.25) is 9.69 Å². The standard InChI is InChI=1S/C27H21N3O3S/c1-33-25(31)18-22-26(32)30(27-28-21-14-8-9-15-23(21)34-27)24(17-16-19-10-4-2-5-11-19)29(22)20-12-6-3-7-13-20/h2-18,24H,1H3/b17-16+,22-18+. The normalized spacial score (nSPS) is 17.3. The Bertz CT molecular complexity index is 1360. The van der Waals surface area contributed by atoms with E-state index in [-0.39, 0.29) is 11.6 Å². The molecule has 1 aliphatic rings. The van der Waals surface area contributed by atoms with Gasteiger partial charge in [-0.05, 0) is 35.9 Å². The maximum Gasteiger partial charge on any atom is 0.332 e. The van der Waals surface area contributed by atoms with Crippen molar-refractivity contribution in [2.75, 3.05) is 16.9 Å². The van der Waals surface area contributed by atoms with Crippen molar-refractivity contribution in [3.05, 3.63) is 108 Å². The lowest BCUT2D eigenvalue weighted by molar-refractivity contribution is -0.135. The van der Waals surface area contributed by atoms with Crippen molar-refractivity contribution in [2.45, 2.75) is 6.17 Å². The Morgan fingerprint density at radius 2 is 1.62 bits per heavy atom. The third-order valence-electron chi connectivity index (χ3n) is 5.47. The summed E-state index contributed by atoms with van der Waals surface area (Å²) in [5, 5.41) is 0.558. The number of hydrogen-bond donors (Lipinski definition) is 0. The van der Waals surface area contributed by atoms with E-state index in [4.69, 9.17) is 9.72 Å². The Balaban J connectivity index is 1.68. The smallest absolute Gasteiger partial charge is 0.332 e. The quantitative estimate of drug-likeness (QED) is 0.297. The molecule has 6 nitrogen and oxygen atoms in total. The van der Waals surface area contributed by atoms with E-state index in [1.54, 1.807) is 4.90 Å². The summed E-state index contributed by atoms with van der Waals surface area (Å²) in [7, 11) is 1.30. The summed E-state index contributed by atoms with van der Waals surface area (Å²) in [4.78, 5) is 34.2. The van der Waals surface area contributed by atoms with Gasteiger partial charge in [0.05, 0.1) is 23.4 Å². The van der Waals surface area contributed by atoms with Crippen molar-refractivity contribution in [3.63, 3.8) is 0 Å². The van der Waals surface area contributed by atoms with Gasteiger partial charge in [-0.25, -0.2) is 9.78 Å². The maximum absolute atomic E-state index is 13.8. The molecular formula is C27H21N3O3S. The van der Waals surface area contributed by atoms with Crippen LogP contribution in [0.2, 0.25) is 0 Å². The van der Waals surface area contributed by atoms with Crippen molar-refractivity contribution in [1.82, 2.24) is 4.98 Å². The van der Waals surface area contributed by atoms with E-state index in [0.717, 1.165) is 21.5 Å². The number of ether oxygens (including phenoxy) is 1. The minimum absolute atomic E-state index is 0.222.